The van der Waals surface area contributed by atoms with Crippen molar-refractivity contribution in [3.05, 3.63) is 12.7 Å². The normalized spacial score (nSPS) is 21.6. The van der Waals surface area contributed by atoms with E-state index in [0.29, 0.717) is 12.1 Å². The Morgan fingerprint density at radius 1 is 1.38 bits per heavy atom. The second-order valence-electron chi connectivity index (χ2n) is 4.79. The first-order chi connectivity index (χ1) is 7.83. The van der Waals surface area contributed by atoms with E-state index in [9.17, 15) is 0 Å². The Morgan fingerprint density at radius 3 is 2.56 bits per heavy atom. The predicted octanol–water partition coefficient (Wildman–Crippen LogP) is 3.14. The monoisotopic (exact) mass is 225 g/mol. The van der Waals surface area contributed by atoms with E-state index in [-0.39, 0.29) is 0 Å². The Morgan fingerprint density at radius 2 is 2.06 bits per heavy atom. The maximum Gasteiger partial charge on any atom is 0.0755 e. The highest BCUT2D eigenvalue weighted by Gasteiger charge is 2.29. The number of ether oxygens (including phenoxy) is 1. The van der Waals surface area contributed by atoms with Crippen LogP contribution in [0, 0.1) is 5.92 Å². The smallest absolute Gasteiger partial charge is 0.0755 e. The third-order valence-electron chi connectivity index (χ3n) is 3.67. The maximum atomic E-state index is 5.75. The lowest BCUT2D eigenvalue weighted by Gasteiger charge is -2.35. The summed E-state index contributed by atoms with van der Waals surface area (Å²) in [4.78, 5) is 0. The van der Waals surface area contributed by atoms with Crippen molar-refractivity contribution in [3.63, 3.8) is 0 Å². The lowest BCUT2D eigenvalue weighted by atomic mass is 9.82. The van der Waals surface area contributed by atoms with Crippen molar-refractivity contribution in [2.75, 3.05) is 13.7 Å². The number of methoxy groups -OCH3 is 1. The molecule has 1 aliphatic rings. The molecule has 0 aliphatic heterocycles. The molecular formula is C14H27NO. The molecule has 1 N–H and O–H groups in total. The summed E-state index contributed by atoms with van der Waals surface area (Å²) in [7, 11) is 1.85. The van der Waals surface area contributed by atoms with Crippen molar-refractivity contribution in [2.45, 2.75) is 57.6 Å². The van der Waals surface area contributed by atoms with E-state index in [2.05, 4.69) is 18.8 Å². The number of hydrogen-bond acceptors (Lipinski definition) is 2. The zero-order chi connectivity index (χ0) is 11.8. The minimum atomic E-state index is 0.359. The Bertz CT molecular complexity index is 187. The summed E-state index contributed by atoms with van der Waals surface area (Å²) in [6.07, 6.45) is 10.2. The summed E-state index contributed by atoms with van der Waals surface area (Å²) in [5.41, 5.74) is 0. The summed E-state index contributed by atoms with van der Waals surface area (Å²) >= 11 is 0. The second-order valence-corrected chi connectivity index (χ2v) is 4.79. The number of hydrogen-bond donors (Lipinski definition) is 1. The van der Waals surface area contributed by atoms with E-state index >= 15 is 0 Å². The number of likely N-dealkylation sites (N-methyl/N-ethyl adjacent to an activating group) is 1. The third-order valence-corrected chi connectivity index (χ3v) is 3.67. The quantitative estimate of drug-likeness (QED) is 0.672. The molecule has 16 heavy (non-hydrogen) atoms. The van der Waals surface area contributed by atoms with Gasteiger partial charge >= 0.3 is 0 Å². The average Bonchev–Trinajstić information content (AvgIpc) is 2.32. The van der Waals surface area contributed by atoms with Crippen LogP contribution in [0.15, 0.2) is 12.7 Å². The first-order valence-corrected chi connectivity index (χ1v) is 6.70. The Hall–Kier alpha value is -0.340. The van der Waals surface area contributed by atoms with Crippen LogP contribution in [-0.2, 0) is 4.74 Å². The Kier molecular flexibility index (Phi) is 6.74. The molecular weight excluding hydrogens is 198 g/mol. The van der Waals surface area contributed by atoms with Crippen molar-refractivity contribution >= 4 is 0 Å². The van der Waals surface area contributed by atoms with E-state index in [1.807, 2.05) is 13.2 Å². The summed E-state index contributed by atoms with van der Waals surface area (Å²) in [5, 5.41) is 3.54. The van der Waals surface area contributed by atoms with Crippen molar-refractivity contribution < 1.29 is 4.74 Å². The molecule has 94 valence electrons. The fraction of sp³-hybridized carbons (Fsp3) is 0.857. The molecule has 2 atom stereocenters. The molecule has 1 fully saturated rings. The molecule has 0 saturated heterocycles. The molecule has 2 unspecified atom stereocenters. The van der Waals surface area contributed by atoms with Crippen LogP contribution >= 0.6 is 0 Å². The fourth-order valence-electron chi connectivity index (χ4n) is 2.92. The lowest BCUT2D eigenvalue weighted by molar-refractivity contribution is 0.00936. The molecule has 0 aromatic rings. The molecule has 0 radical (unpaired) electrons. The van der Waals surface area contributed by atoms with Gasteiger partial charge in [-0.15, -0.1) is 6.58 Å². The molecule has 0 amide bonds. The first kappa shape index (κ1) is 13.7. The van der Waals surface area contributed by atoms with Crippen molar-refractivity contribution in [1.29, 1.82) is 0 Å². The van der Waals surface area contributed by atoms with Gasteiger partial charge in [-0.3, -0.25) is 0 Å². The van der Waals surface area contributed by atoms with E-state index in [1.54, 1.807) is 0 Å². The maximum absolute atomic E-state index is 5.75. The molecule has 1 saturated carbocycles. The van der Waals surface area contributed by atoms with Crippen LogP contribution in [0.5, 0.6) is 0 Å². The molecule has 2 heteroatoms. The molecule has 2 nitrogen and oxygen atoms in total. The van der Waals surface area contributed by atoms with Gasteiger partial charge in [0.15, 0.2) is 0 Å². The van der Waals surface area contributed by atoms with Crippen molar-refractivity contribution in [3.8, 4) is 0 Å². The molecule has 0 spiro atoms. The molecule has 0 aromatic carbocycles. The molecule has 0 bridgehead atoms. The number of nitrogens with one attached hydrogen (secondary N) is 1. The zero-order valence-electron chi connectivity index (χ0n) is 10.9. The summed E-state index contributed by atoms with van der Waals surface area (Å²) in [6, 6.07) is 0.440. The van der Waals surface area contributed by atoms with Crippen LogP contribution < -0.4 is 5.32 Å². The van der Waals surface area contributed by atoms with Crippen LogP contribution in [0.4, 0.5) is 0 Å². The van der Waals surface area contributed by atoms with Gasteiger partial charge in [0.1, 0.15) is 0 Å². The van der Waals surface area contributed by atoms with Gasteiger partial charge in [0.2, 0.25) is 0 Å². The fourth-order valence-corrected chi connectivity index (χ4v) is 2.92. The second kappa shape index (κ2) is 7.86. The van der Waals surface area contributed by atoms with E-state index in [1.165, 1.54) is 32.1 Å². The van der Waals surface area contributed by atoms with Gasteiger partial charge in [-0.05, 0) is 31.7 Å². The minimum Gasteiger partial charge on any atom is -0.380 e. The van der Waals surface area contributed by atoms with Gasteiger partial charge in [0.05, 0.1) is 6.10 Å². The van der Waals surface area contributed by atoms with Crippen molar-refractivity contribution in [2.24, 2.45) is 5.92 Å². The van der Waals surface area contributed by atoms with Gasteiger partial charge < -0.3 is 10.1 Å². The predicted molar refractivity (Wildman–Crippen MR) is 69.7 cm³/mol. The highest BCUT2D eigenvalue weighted by molar-refractivity contribution is 4.88. The van der Waals surface area contributed by atoms with Gasteiger partial charge in [0.25, 0.3) is 0 Å². The summed E-state index contributed by atoms with van der Waals surface area (Å²) < 4.78 is 5.75. The van der Waals surface area contributed by atoms with Gasteiger partial charge in [-0.25, -0.2) is 0 Å². The summed E-state index contributed by atoms with van der Waals surface area (Å²) in [6.45, 7) is 7.01. The summed E-state index contributed by atoms with van der Waals surface area (Å²) in [5.74, 6) is 0.739. The number of rotatable bonds is 7. The minimum absolute atomic E-state index is 0.359. The molecule has 0 aromatic heterocycles. The van der Waals surface area contributed by atoms with Crippen LogP contribution in [0.1, 0.15) is 45.4 Å². The van der Waals surface area contributed by atoms with Gasteiger partial charge in [-0.2, -0.15) is 0 Å². The SMILES string of the molecule is C=CCC(NCC)C(OC)C1CCCCC1. The van der Waals surface area contributed by atoms with Gasteiger partial charge in [-0.1, -0.05) is 32.3 Å². The van der Waals surface area contributed by atoms with E-state index in [4.69, 9.17) is 4.74 Å². The van der Waals surface area contributed by atoms with E-state index in [0.717, 1.165) is 18.9 Å². The lowest BCUT2D eigenvalue weighted by Crippen LogP contribution is -2.45. The third kappa shape index (κ3) is 3.91. The largest absolute Gasteiger partial charge is 0.380 e. The first-order valence-electron chi connectivity index (χ1n) is 6.70. The van der Waals surface area contributed by atoms with Crippen LogP contribution in [0.2, 0.25) is 0 Å². The van der Waals surface area contributed by atoms with E-state index < -0.39 is 0 Å². The van der Waals surface area contributed by atoms with Crippen LogP contribution in [0.25, 0.3) is 0 Å². The highest BCUT2D eigenvalue weighted by Crippen LogP contribution is 2.30. The molecule has 1 rings (SSSR count). The topological polar surface area (TPSA) is 21.3 Å². The zero-order valence-corrected chi connectivity index (χ0v) is 10.9. The Balaban J connectivity index is 2.56. The Labute approximate surface area is 100 Å². The average molecular weight is 225 g/mol. The highest BCUT2D eigenvalue weighted by atomic mass is 16.5. The van der Waals surface area contributed by atoms with Gasteiger partial charge in [0, 0.05) is 13.2 Å². The van der Waals surface area contributed by atoms with Crippen LogP contribution in [-0.4, -0.2) is 25.8 Å². The van der Waals surface area contributed by atoms with Crippen molar-refractivity contribution in [1.82, 2.24) is 5.32 Å². The standard InChI is InChI=1S/C14H27NO/c1-4-9-13(15-5-2)14(16-3)12-10-7-6-8-11-12/h4,12-15H,1,5-11H2,2-3H3. The molecule has 0 heterocycles. The van der Waals surface area contributed by atoms with Crippen LogP contribution in [0.3, 0.4) is 0 Å². The molecule has 1 aliphatic carbocycles.